The van der Waals surface area contributed by atoms with E-state index in [2.05, 4.69) is 52.0 Å². The molecule has 3 aromatic carbocycles. The first kappa shape index (κ1) is 25.9. The van der Waals surface area contributed by atoms with Crippen LogP contribution in [0.3, 0.4) is 0 Å². The summed E-state index contributed by atoms with van der Waals surface area (Å²) in [6.45, 7) is 10.8. The van der Waals surface area contributed by atoms with Crippen LogP contribution in [0.1, 0.15) is 68.9 Å². The smallest absolute Gasteiger partial charge is 0.335 e. The summed E-state index contributed by atoms with van der Waals surface area (Å²) in [6.07, 6.45) is 2.29. The summed E-state index contributed by atoms with van der Waals surface area (Å²) >= 11 is 0. The van der Waals surface area contributed by atoms with Gasteiger partial charge in [-0.05, 0) is 82.7 Å². The number of carboxylic acids is 1. The largest absolute Gasteiger partial charge is 0.478 e. The van der Waals surface area contributed by atoms with Crippen molar-refractivity contribution in [1.82, 2.24) is 0 Å². The van der Waals surface area contributed by atoms with Gasteiger partial charge in [-0.1, -0.05) is 64.1 Å². The number of methoxy groups -OCH3 is 1. The summed E-state index contributed by atoms with van der Waals surface area (Å²) in [5.74, 6) is -0.277. The molecule has 3 aromatic rings. The van der Waals surface area contributed by atoms with Crippen molar-refractivity contribution in [2.75, 3.05) is 13.7 Å². The maximum absolute atomic E-state index is 11.3. The van der Waals surface area contributed by atoms with Gasteiger partial charge in [-0.15, -0.1) is 0 Å². The number of carboxylic acid groups (broad SMARTS) is 1. The monoisotopic (exact) mass is 488 g/mol. The number of hydrogen-bond donors (Lipinski definition) is 1. The number of fused-ring (bicyclic) bond motifs is 1. The van der Waals surface area contributed by atoms with E-state index in [1.54, 1.807) is 19.2 Å². The van der Waals surface area contributed by atoms with Crippen LogP contribution in [0.15, 0.2) is 60.7 Å². The lowest BCUT2D eigenvalue weighted by molar-refractivity contribution is -0.230. The summed E-state index contributed by atoms with van der Waals surface area (Å²) in [7, 11) is 1.56. The molecule has 0 aliphatic heterocycles. The van der Waals surface area contributed by atoms with Gasteiger partial charge in [-0.3, -0.25) is 0 Å². The minimum Gasteiger partial charge on any atom is -0.478 e. The molecule has 0 heterocycles. The Bertz CT molecular complexity index is 1240. The topological polar surface area (TPSA) is 65.0 Å². The number of aromatic carboxylic acids is 1. The van der Waals surface area contributed by atoms with Crippen LogP contribution in [0.4, 0.5) is 0 Å². The Balaban J connectivity index is 1.84. The molecule has 0 spiro atoms. The molecule has 4 rings (SSSR count). The molecule has 0 aromatic heterocycles. The normalized spacial score (nSPS) is 16.7. The highest BCUT2D eigenvalue weighted by atomic mass is 16.8. The van der Waals surface area contributed by atoms with Crippen molar-refractivity contribution >= 4 is 5.97 Å². The quantitative estimate of drug-likeness (QED) is 0.334. The zero-order valence-corrected chi connectivity index (χ0v) is 22.1. The molecule has 5 nitrogen and oxygen atoms in total. The van der Waals surface area contributed by atoms with Crippen molar-refractivity contribution in [3.63, 3.8) is 0 Å². The molecular formula is C31H36O5. The Kier molecular flexibility index (Phi) is 7.26. The third-order valence-electron chi connectivity index (χ3n) is 7.33. The van der Waals surface area contributed by atoms with Crippen molar-refractivity contribution < 1.29 is 24.1 Å². The van der Waals surface area contributed by atoms with E-state index in [4.69, 9.17) is 14.2 Å². The zero-order chi connectivity index (χ0) is 26.1. The highest BCUT2D eigenvalue weighted by Gasteiger charge is 2.37. The Morgan fingerprint density at radius 1 is 0.861 bits per heavy atom. The number of benzene rings is 3. The van der Waals surface area contributed by atoms with E-state index in [9.17, 15) is 9.90 Å². The van der Waals surface area contributed by atoms with Crippen molar-refractivity contribution in [2.24, 2.45) is 0 Å². The Morgan fingerprint density at radius 3 is 2.08 bits per heavy atom. The Morgan fingerprint density at radius 2 is 1.47 bits per heavy atom. The number of carbonyl (C=O) groups is 1. The van der Waals surface area contributed by atoms with Gasteiger partial charge in [0.2, 0.25) is 0 Å². The van der Waals surface area contributed by atoms with Crippen molar-refractivity contribution in [3.05, 3.63) is 77.4 Å². The van der Waals surface area contributed by atoms with Crippen LogP contribution >= 0.6 is 0 Å². The number of hydrogen-bond acceptors (Lipinski definition) is 4. The van der Waals surface area contributed by atoms with Crippen molar-refractivity contribution in [1.29, 1.82) is 0 Å². The second kappa shape index (κ2) is 10.1. The van der Waals surface area contributed by atoms with Gasteiger partial charge >= 0.3 is 12.4 Å². The van der Waals surface area contributed by atoms with E-state index in [1.807, 2.05) is 31.2 Å². The first-order chi connectivity index (χ1) is 17.1. The highest BCUT2D eigenvalue weighted by molar-refractivity contribution is 5.88. The van der Waals surface area contributed by atoms with Gasteiger partial charge in [0.15, 0.2) is 0 Å². The van der Waals surface area contributed by atoms with Crippen molar-refractivity contribution in [3.8, 4) is 28.0 Å². The molecule has 1 aliphatic rings. The van der Waals surface area contributed by atoms with Gasteiger partial charge in [-0.25, -0.2) is 4.79 Å². The number of ether oxygens (including phenoxy) is 3. The third kappa shape index (κ3) is 5.18. The van der Waals surface area contributed by atoms with E-state index in [0.717, 1.165) is 35.1 Å². The van der Waals surface area contributed by atoms with Crippen molar-refractivity contribution in [2.45, 2.75) is 64.8 Å². The third-order valence-corrected chi connectivity index (χ3v) is 7.33. The maximum atomic E-state index is 11.3. The van der Waals surface area contributed by atoms with E-state index in [1.165, 1.54) is 11.1 Å². The van der Waals surface area contributed by atoms with E-state index >= 15 is 0 Å². The molecule has 1 N–H and O–H groups in total. The molecule has 0 fully saturated rings. The SMILES string of the molecule is CCOC(OC)Oc1ccc(-c2ccc(C(=O)O)cc2)cc1-c1ccc2c(c1)C(C)(C)CCC2(C)C. The van der Waals surface area contributed by atoms with Crippen LogP contribution in [0.2, 0.25) is 0 Å². The fourth-order valence-electron chi connectivity index (χ4n) is 4.99. The van der Waals surface area contributed by atoms with Crippen LogP contribution in [0, 0.1) is 0 Å². The lowest BCUT2D eigenvalue weighted by Gasteiger charge is -2.42. The lowest BCUT2D eigenvalue weighted by Crippen LogP contribution is -2.33. The van der Waals surface area contributed by atoms with Gasteiger partial charge in [0, 0.05) is 12.7 Å². The van der Waals surface area contributed by atoms with Crippen LogP contribution in [0.5, 0.6) is 5.75 Å². The first-order valence-corrected chi connectivity index (χ1v) is 12.5. The van der Waals surface area contributed by atoms with Gasteiger partial charge in [-0.2, -0.15) is 0 Å². The summed E-state index contributed by atoms with van der Waals surface area (Å²) in [5, 5.41) is 9.26. The summed E-state index contributed by atoms with van der Waals surface area (Å²) < 4.78 is 17.1. The second-order valence-corrected chi connectivity index (χ2v) is 10.7. The van der Waals surface area contributed by atoms with Gasteiger partial charge in [0.25, 0.3) is 0 Å². The first-order valence-electron chi connectivity index (χ1n) is 12.5. The molecule has 1 aliphatic carbocycles. The standard InChI is InChI=1S/C31H36O5/c1-7-35-29(34-6)36-27-15-13-22(20-8-10-21(11-9-20)28(32)33)18-24(27)23-12-14-25-26(19-23)31(4,5)17-16-30(25,2)3/h8-15,18-19,29H,7,16-17H2,1-6H3,(H,32,33). The molecule has 1 unspecified atom stereocenters. The Hall–Kier alpha value is -3.15. The molecule has 0 radical (unpaired) electrons. The average Bonchev–Trinajstić information content (AvgIpc) is 2.86. The minimum absolute atomic E-state index is 0.0759. The molecule has 190 valence electrons. The molecule has 0 bridgehead atoms. The van der Waals surface area contributed by atoms with Crippen LogP contribution in [-0.2, 0) is 20.3 Å². The molecule has 0 saturated heterocycles. The van der Waals surface area contributed by atoms with Crippen LogP contribution in [-0.4, -0.2) is 31.3 Å². The van der Waals surface area contributed by atoms with Crippen LogP contribution < -0.4 is 4.74 Å². The second-order valence-electron chi connectivity index (χ2n) is 10.7. The highest BCUT2D eigenvalue weighted by Crippen LogP contribution is 2.47. The summed E-state index contributed by atoms with van der Waals surface area (Å²) in [5.41, 5.74) is 7.12. The average molecular weight is 489 g/mol. The molecule has 36 heavy (non-hydrogen) atoms. The van der Waals surface area contributed by atoms with Gasteiger partial charge < -0.3 is 19.3 Å². The molecular weight excluding hydrogens is 452 g/mol. The lowest BCUT2D eigenvalue weighted by atomic mass is 9.63. The van der Waals surface area contributed by atoms with E-state index < -0.39 is 12.4 Å². The Labute approximate surface area is 214 Å². The molecule has 0 amide bonds. The van der Waals surface area contributed by atoms with Gasteiger partial charge in [0.05, 0.1) is 12.2 Å². The zero-order valence-electron chi connectivity index (χ0n) is 22.1. The summed E-state index contributed by atoms with van der Waals surface area (Å²) in [4.78, 5) is 11.3. The minimum atomic E-state index is -0.938. The fraction of sp³-hybridized carbons (Fsp3) is 0.387. The predicted octanol–water partition coefficient (Wildman–Crippen LogP) is 7.41. The predicted molar refractivity (Wildman–Crippen MR) is 143 cm³/mol. The molecule has 0 saturated carbocycles. The van der Waals surface area contributed by atoms with E-state index in [-0.39, 0.29) is 16.4 Å². The maximum Gasteiger partial charge on any atom is 0.335 e. The fourth-order valence-corrected chi connectivity index (χ4v) is 4.99. The van der Waals surface area contributed by atoms with Crippen LogP contribution in [0.25, 0.3) is 22.3 Å². The summed E-state index contributed by atoms with van der Waals surface area (Å²) in [6, 6.07) is 19.6. The number of rotatable bonds is 8. The molecule has 5 heteroatoms. The van der Waals surface area contributed by atoms with E-state index in [0.29, 0.717) is 12.4 Å². The van der Waals surface area contributed by atoms with Gasteiger partial charge in [0.1, 0.15) is 5.75 Å². The molecule has 1 atom stereocenters.